The summed E-state index contributed by atoms with van der Waals surface area (Å²) >= 11 is 0. The van der Waals surface area contributed by atoms with Gasteiger partial charge in [0.1, 0.15) is 6.61 Å². The number of hydrogen-bond donors (Lipinski definition) is 0. The van der Waals surface area contributed by atoms with Gasteiger partial charge in [0.15, 0.2) is 6.29 Å². The van der Waals surface area contributed by atoms with E-state index in [0.29, 0.717) is 25.7 Å². The average Bonchev–Trinajstić information content (AvgIpc) is 3.24. The number of nitrogens with zero attached hydrogens (tertiary/aromatic N) is 2. The van der Waals surface area contributed by atoms with Crippen LogP contribution in [0.1, 0.15) is 11.9 Å². The summed E-state index contributed by atoms with van der Waals surface area (Å²) in [5.74, 6) is 0.648. The molecule has 6 heteroatoms. The van der Waals surface area contributed by atoms with E-state index >= 15 is 0 Å². The van der Waals surface area contributed by atoms with E-state index in [2.05, 4.69) is 16.0 Å². The molecule has 0 bridgehead atoms. The Balaban J connectivity index is 1.39. The Labute approximate surface area is 153 Å². The highest BCUT2D eigenvalue weighted by atomic mass is 16.7. The SMILES string of the molecule is c1cc(-c2cccc(OCCN3CCOCC3)n2)cc(C2OCCO2)c1. The second kappa shape index (κ2) is 8.60. The fourth-order valence-electron chi connectivity index (χ4n) is 3.16. The summed E-state index contributed by atoms with van der Waals surface area (Å²) in [4.78, 5) is 6.99. The Morgan fingerprint density at radius 1 is 1.00 bits per heavy atom. The number of morpholine rings is 1. The molecule has 2 fully saturated rings. The zero-order chi connectivity index (χ0) is 17.6. The minimum absolute atomic E-state index is 0.275. The monoisotopic (exact) mass is 356 g/mol. The van der Waals surface area contributed by atoms with E-state index in [1.807, 2.05) is 36.4 Å². The lowest BCUT2D eigenvalue weighted by molar-refractivity contribution is -0.0440. The fraction of sp³-hybridized carbons (Fsp3) is 0.450. The third-order valence-corrected chi connectivity index (χ3v) is 4.56. The van der Waals surface area contributed by atoms with Crippen LogP contribution in [-0.2, 0) is 14.2 Å². The molecule has 0 atom stereocenters. The van der Waals surface area contributed by atoms with Crippen LogP contribution in [0.5, 0.6) is 5.88 Å². The highest BCUT2D eigenvalue weighted by Crippen LogP contribution is 2.27. The Hall–Kier alpha value is -1.99. The first-order chi connectivity index (χ1) is 12.9. The Bertz CT molecular complexity index is 712. The fourth-order valence-corrected chi connectivity index (χ4v) is 3.16. The summed E-state index contributed by atoms with van der Waals surface area (Å²) in [7, 11) is 0. The Morgan fingerprint density at radius 3 is 2.65 bits per heavy atom. The predicted octanol–water partition coefficient (Wildman–Crippen LogP) is 2.51. The molecule has 4 rings (SSSR count). The molecular weight excluding hydrogens is 332 g/mol. The van der Waals surface area contributed by atoms with Gasteiger partial charge in [-0.3, -0.25) is 4.90 Å². The van der Waals surface area contributed by atoms with Crippen molar-refractivity contribution in [3.63, 3.8) is 0 Å². The van der Waals surface area contributed by atoms with E-state index in [1.165, 1.54) is 0 Å². The summed E-state index contributed by atoms with van der Waals surface area (Å²) in [5.41, 5.74) is 2.93. The van der Waals surface area contributed by atoms with Crippen LogP contribution in [0.2, 0.25) is 0 Å². The van der Waals surface area contributed by atoms with Crippen molar-refractivity contribution in [2.24, 2.45) is 0 Å². The molecule has 2 aliphatic rings. The molecule has 0 unspecified atom stereocenters. The average molecular weight is 356 g/mol. The maximum absolute atomic E-state index is 5.86. The van der Waals surface area contributed by atoms with Gasteiger partial charge in [0.2, 0.25) is 5.88 Å². The van der Waals surface area contributed by atoms with Crippen molar-refractivity contribution in [2.75, 3.05) is 52.7 Å². The zero-order valence-electron chi connectivity index (χ0n) is 14.8. The van der Waals surface area contributed by atoms with E-state index in [4.69, 9.17) is 18.9 Å². The number of pyridine rings is 1. The smallest absolute Gasteiger partial charge is 0.213 e. The predicted molar refractivity (Wildman–Crippen MR) is 97.1 cm³/mol. The number of rotatable bonds is 6. The highest BCUT2D eigenvalue weighted by molar-refractivity contribution is 5.60. The molecule has 0 spiro atoms. The molecule has 2 aliphatic heterocycles. The Kier molecular flexibility index (Phi) is 5.76. The molecule has 1 aromatic heterocycles. The van der Waals surface area contributed by atoms with Gasteiger partial charge in [0, 0.05) is 36.8 Å². The number of aromatic nitrogens is 1. The van der Waals surface area contributed by atoms with Gasteiger partial charge >= 0.3 is 0 Å². The van der Waals surface area contributed by atoms with Gasteiger partial charge < -0.3 is 18.9 Å². The quantitative estimate of drug-likeness (QED) is 0.793. The number of ether oxygens (including phenoxy) is 4. The van der Waals surface area contributed by atoms with Crippen molar-refractivity contribution in [1.82, 2.24) is 9.88 Å². The molecule has 0 aliphatic carbocycles. The molecule has 0 saturated carbocycles. The van der Waals surface area contributed by atoms with Crippen molar-refractivity contribution in [3.8, 4) is 17.1 Å². The maximum Gasteiger partial charge on any atom is 0.213 e. The van der Waals surface area contributed by atoms with Crippen LogP contribution in [0.4, 0.5) is 0 Å². The molecule has 26 heavy (non-hydrogen) atoms. The van der Waals surface area contributed by atoms with Gasteiger partial charge in [0.05, 0.1) is 32.1 Å². The van der Waals surface area contributed by atoms with Gasteiger partial charge in [-0.25, -0.2) is 4.98 Å². The summed E-state index contributed by atoms with van der Waals surface area (Å²) < 4.78 is 22.4. The molecule has 2 saturated heterocycles. The van der Waals surface area contributed by atoms with Crippen molar-refractivity contribution < 1.29 is 18.9 Å². The number of benzene rings is 1. The molecule has 6 nitrogen and oxygen atoms in total. The van der Waals surface area contributed by atoms with E-state index in [-0.39, 0.29) is 6.29 Å². The van der Waals surface area contributed by atoms with Crippen LogP contribution in [0, 0.1) is 0 Å². The van der Waals surface area contributed by atoms with Crippen LogP contribution in [-0.4, -0.2) is 62.6 Å². The van der Waals surface area contributed by atoms with Gasteiger partial charge in [0.25, 0.3) is 0 Å². The molecule has 2 aromatic rings. The Morgan fingerprint density at radius 2 is 1.81 bits per heavy atom. The second-order valence-electron chi connectivity index (χ2n) is 6.36. The third-order valence-electron chi connectivity index (χ3n) is 4.56. The van der Waals surface area contributed by atoms with Crippen LogP contribution in [0.3, 0.4) is 0 Å². The molecule has 3 heterocycles. The van der Waals surface area contributed by atoms with E-state index in [1.54, 1.807) is 0 Å². The van der Waals surface area contributed by atoms with E-state index in [0.717, 1.165) is 49.7 Å². The zero-order valence-corrected chi connectivity index (χ0v) is 14.8. The van der Waals surface area contributed by atoms with Gasteiger partial charge in [-0.05, 0) is 12.1 Å². The molecule has 0 N–H and O–H groups in total. The summed E-state index contributed by atoms with van der Waals surface area (Å²) in [6.45, 7) is 6.33. The lowest BCUT2D eigenvalue weighted by atomic mass is 10.1. The lowest BCUT2D eigenvalue weighted by Gasteiger charge is -2.26. The van der Waals surface area contributed by atoms with E-state index < -0.39 is 0 Å². The summed E-state index contributed by atoms with van der Waals surface area (Å²) in [6.07, 6.45) is -0.275. The van der Waals surface area contributed by atoms with Crippen LogP contribution in [0.15, 0.2) is 42.5 Å². The largest absolute Gasteiger partial charge is 0.476 e. The topological polar surface area (TPSA) is 53.1 Å². The highest BCUT2D eigenvalue weighted by Gasteiger charge is 2.18. The van der Waals surface area contributed by atoms with Gasteiger partial charge in [-0.2, -0.15) is 0 Å². The summed E-state index contributed by atoms with van der Waals surface area (Å²) in [6, 6.07) is 14.0. The van der Waals surface area contributed by atoms with Crippen molar-refractivity contribution >= 4 is 0 Å². The van der Waals surface area contributed by atoms with Gasteiger partial charge in [-0.1, -0.05) is 24.3 Å². The minimum atomic E-state index is -0.275. The molecule has 1 aromatic carbocycles. The van der Waals surface area contributed by atoms with Crippen molar-refractivity contribution in [1.29, 1.82) is 0 Å². The molecule has 0 amide bonds. The van der Waals surface area contributed by atoms with Crippen LogP contribution in [0.25, 0.3) is 11.3 Å². The normalized spacial score (nSPS) is 18.9. The van der Waals surface area contributed by atoms with Crippen molar-refractivity contribution in [2.45, 2.75) is 6.29 Å². The first kappa shape index (κ1) is 17.4. The summed E-state index contributed by atoms with van der Waals surface area (Å²) in [5, 5.41) is 0. The van der Waals surface area contributed by atoms with Crippen LogP contribution < -0.4 is 4.74 Å². The maximum atomic E-state index is 5.86. The third kappa shape index (κ3) is 4.40. The minimum Gasteiger partial charge on any atom is -0.476 e. The molecule has 0 radical (unpaired) electrons. The second-order valence-corrected chi connectivity index (χ2v) is 6.36. The van der Waals surface area contributed by atoms with Gasteiger partial charge in [-0.15, -0.1) is 0 Å². The first-order valence-electron chi connectivity index (χ1n) is 9.12. The standard InChI is InChI=1S/C20H24N2O4/c1-3-16(15-17(4-1)20-25-13-14-26-20)18-5-2-6-19(21-18)24-12-9-22-7-10-23-11-8-22/h1-6,15,20H,7-14H2. The van der Waals surface area contributed by atoms with Crippen molar-refractivity contribution in [3.05, 3.63) is 48.0 Å². The first-order valence-corrected chi connectivity index (χ1v) is 9.12. The molecular formula is C20H24N2O4. The lowest BCUT2D eigenvalue weighted by Crippen LogP contribution is -2.38. The van der Waals surface area contributed by atoms with E-state index in [9.17, 15) is 0 Å². The van der Waals surface area contributed by atoms with Crippen LogP contribution >= 0.6 is 0 Å². The molecule has 138 valence electrons. The number of hydrogen-bond acceptors (Lipinski definition) is 6.